The highest BCUT2D eigenvalue weighted by Crippen LogP contribution is 2.57. The van der Waals surface area contributed by atoms with Gasteiger partial charge in [-0.2, -0.15) is 0 Å². The zero-order valence-corrected chi connectivity index (χ0v) is 10.2. The molecule has 0 amide bonds. The summed E-state index contributed by atoms with van der Waals surface area (Å²) in [6.45, 7) is 1.94. The van der Waals surface area contributed by atoms with Crippen LogP contribution in [0.3, 0.4) is 0 Å². The fraction of sp³-hybridized carbons (Fsp3) is 0.846. The average Bonchev–Trinajstić information content (AvgIpc) is 2.38. The van der Waals surface area contributed by atoms with Gasteiger partial charge in [0.25, 0.3) is 0 Å². The van der Waals surface area contributed by atoms with Crippen molar-refractivity contribution in [1.29, 1.82) is 0 Å². The van der Waals surface area contributed by atoms with Gasteiger partial charge in [-0.15, -0.1) is 0 Å². The lowest BCUT2D eigenvalue weighted by atomic mass is 9.52. The van der Waals surface area contributed by atoms with Crippen LogP contribution in [0, 0.1) is 10.8 Å². The Morgan fingerprint density at radius 3 is 1.81 bits per heavy atom. The Morgan fingerprint density at radius 1 is 1.00 bits per heavy atom. The van der Waals surface area contributed by atoms with E-state index in [2.05, 4.69) is 0 Å². The van der Waals surface area contributed by atoms with Crippen molar-refractivity contribution in [2.75, 3.05) is 7.11 Å². The summed E-state index contributed by atoms with van der Waals surface area (Å²) < 4.78 is 4.90. The van der Waals surface area contributed by atoms with Crippen molar-refractivity contribution >= 4 is 11.8 Å². The number of methoxy groups -OCH3 is 1. The fourth-order valence-electron chi connectivity index (χ4n) is 3.50. The lowest BCUT2D eigenvalue weighted by Crippen LogP contribution is -2.49. The number of carbonyl (C=O) groups is 2. The molecular weight excluding hydrogens is 204 g/mol. The van der Waals surface area contributed by atoms with Gasteiger partial charge in [0.2, 0.25) is 0 Å². The van der Waals surface area contributed by atoms with Crippen LogP contribution in [0.15, 0.2) is 0 Å². The molecule has 0 heterocycles. The third-order valence-electron chi connectivity index (χ3n) is 4.78. The largest absolute Gasteiger partial charge is 0.469 e. The molecule has 3 rings (SSSR count). The first-order chi connectivity index (χ1) is 7.58. The van der Waals surface area contributed by atoms with Crippen LogP contribution in [0.5, 0.6) is 0 Å². The molecule has 0 aliphatic heterocycles. The zero-order valence-electron chi connectivity index (χ0n) is 10.2. The number of hydrogen-bond donors (Lipinski definition) is 0. The van der Waals surface area contributed by atoms with E-state index in [4.69, 9.17) is 4.74 Å². The molecule has 0 atom stereocenters. The van der Waals surface area contributed by atoms with Crippen LogP contribution >= 0.6 is 0 Å². The van der Waals surface area contributed by atoms with Gasteiger partial charge >= 0.3 is 5.97 Å². The van der Waals surface area contributed by atoms with E-state index in [1.807, 2.05) is 6.92 Å². The maximum absolute atomic E-state index is 12.0. The zero-order chi connectivity index (χ0) is 11.8. The van der Waals surface area contributed by atoms with Gasteiger partial charge in [0.1, 0.15) is 5.78 Å². The second-order valence-electron chi connectivity index (χ2n) is 5.33. The van der Waals surface area contributed by atoms with Crippen LogP contribution in [0.4, 0.5) is 0 Å². The molecule has 3 nitrogen and oxygen atoms in total. The third kappa shape index (κ3) is 1.48. The van der Waals surface area contributed by atoms with E-state index < -0.39 is 0 Å². The quantitative estimate of drug-likeness (QED) is 0.692. The van der Waals surface area contributed by atoms with Crippen LogP contribution in [-0.2, 0) is 14.3 Å². The lowest BCUT2D eigenvalue weighted by Gasteiger charge is -2.50. The van der Waals surface area contributed by atoms with Gasteiger partial charge in [-0.1, -0.05) is 6.92 Å². The smallest absolute Gasteiger partial charge is 0.311 e. The van der Waals surface area contributed by atoms with Gasteiger partial charge in [-0.05, 0) is 38.5 Å². The van der Waals surface area contributed by atoms with Gasteiger partial charge < -0.3 is 4.74 Å². The normalized spacial score (nSPS) is 37.1. The summed E-state index contributed by atoms with van der Waals surface area (Å²) in [6, 6.07) is 0. The van der Waals surface area contributed by atoms with Crippen molar-refractivity contribution in [3.8, 4) is 0 Å². The van der Waals surface area contributed by atoms with Crippen molar-refractivity contribution < 1.29 is 14.3 Å². The first-order valence-corrected chi connectivity index (χ1v) is 6.20. The van der Waals surface area contributed by atoms with E-state index in [0.717, 1.165) is 38.5 Å². The van der Waals surface area contributed by atoms with Crippen LogP contribution in [0.1, 0.15) is 51.9 Å². The number of carbonyl (C=O) groups excluding carboxylic acids is 2. The van der Waals surface area contributed by atoms with Crippen LogP contribution in [0.25, 0.3) is 0 Å². The van der Waals surface area contributed by atoms with Crippen LogP contribution in [0.2, 0.25) is 0 Å². The molecule has 3 aliphatic rings. The summed E-state index contributed by atoms with van der Waals surface area (Å²) in [5, 5.41) is 0. The van der Waals surface area contributed by atoms with E-state index in [1.54, 1.807) is 0 Å². The molecule has 2 bridgehead atoms. The van der Waals surface area contributed by atoms with Crippen molar-refractivity contribution in [2.45, 2.75) is 51.9 Å². The standard InChI is InChI=1S/C13H20O3/c1-3-10(14)12-4-7-13(8-5-12,9-6-12)11(15)16-2/h3-9H2,1-2H3. The monoisotopic (exact) mass is 224 g/mol. The summed E-state index contributed by atoms with van der Waals surface area (Å²) in [7, 11) is 1.46. The molecule has 0 aromatic carbocycles. The molecular formula is C13H20O3. The van der Waals surface area contributed by atoms with Gasteiger partial charge in [-0.25, -0.2) is 0 Å². The van der Waals surface area contributed by atoms with Gasteiger partial charge in [0.05, 0.1) is 12.5 Å². The summed E-state index contributed by atoms with van der Waals surface area (Å²) in [4.78, 5) is 23.8. The summed E-state index contributed by atoms with van der Waals surface area (Å²) in [5.41, 5.74) is -0.352. The molecule has 90 valence electrons. The Morgan fingerprint density at radius 2 is 1.44 bits per heavy atom. The second kappa shape index (κ2) is 3.86. The minimum absolute atomic E-state index is 0.0650. The topological polar surface area (TPSA) is 43.4 Å². The highest BCUT2D eigenvalue weighted by molar-refractivity contribution is 5.86. The average molecular weight is 224 g/mol. The van der Waals surface area contributed by atoms with Crippen molar-refractivity contribution in [3.63, 3.8) is 0 Å². The molecule has 3 heteroatoms. The maximum Gasteiger partial charge on any atom is 0.311 e. The first kappa shape index (κ1) is 11.6. The highest BCUT2D eigenvalue weighted by atomic mass is 16.5. The number of fused-ring (bicyclic) bond motifs is 3. The number of ether oxygens (including phenoxy) is 1. The molecule has 0 aromatic heterocycles. The number of ketones is 1. The predicted molar refractivity (Wildman–Crippen MR) is 59.9 cm³/mol. The maximum atomic E-state index is 12.0. The Labute approximate surface area is 96.5 Å². The molecule has 3 fully saturated rings. The molecule has 0 unspecified atom stereocenters. The van der Waals surface area contributed by atoms with E-state index in [9.17, 15) is 9.59 Å². The number of esters is 1. The SMILES string of the molecule is CCC(=O)C12CCC(C(=O)OC)(CC1)CC2. The number of rotatable bonds is 3. The van der Waals surface area contributed by atoms with E-state index in [-0.39, 0.29) is 16.8 Å². The minimum atomic E-state index is -0.259. The molecule has 0 spiro atoms. The fourth-order valence-corrected chi connectivity index (χ4v) is 3.50. The van der Waals surface area contributed by atoms with Crippen LogP contribution in [-0.4, -0.2) is 18.9 Å². The Bertz CT molecular complexity index is 263. The molecule has 0 N–H and O–H groups in total. The van der Waals surface area contributed by atoms with Gasteiger partial charge in [0, 0.05) is 11.8 Å². The van der Waals surface area contributed by atoms with Gasteiger partial charge in [-0.3, -0.25) is 9.59 Å². The van der Waals surface area contributed by atoms with Gasteiger partial charge in [0.15, 0.2) is 0 Å². The summed E-state index contributed by atoms with van der Waals surface area (Å²) >= 11 is 0. The summed E-state index contributed by atoms with van der Waals surface area (Å²) in [6.07, 6.45) is 5.80. The van der Waals surface area contributed by atoms with E-state index in [0.29, 0.717) is 12.2 Å². The Balaban J connectivity index is 2.14. The molecule has 0 saturated heterocycles. The van der Waals surface area contributed by atoms with Crippen molar-refractivity contribution in [2.24, 2.45) is 10.8 Å². The summed E-state index contributed by atoms with van der Waals surface area (Å²) in [5.74, 6) is 0.329. The predicted octanol–water partition coefficient (Wildman–Crippen LogP) is 2.48. The number of hydrogen-bond acceptors (Lipinski definition) is 3. The Hall–Kier alpha value is -0.860. The highest BCUT2D eigenvalue weighted by Gasteiger charge is 2.55. The first-order valence-electron chi connectivity index (χ1n) is 6.20. The molecule has 0 radical (unpaired) electrons. The molecule has 3 aliphatic carbocycles. The molecule has 0 aromatic rings. The molecule has 3 saturated carbocycles. The minimum Gasteiger partial charge on any atom is -0.469 e. The Kier molecular flexibility index (Phi) is 2.81. The lowest BCUT2D eigenvalue weighted by molar-refractivity contribution is -0.165. The van der Waals surface area contributed by atoms with Crippen molar-refractivity contribution in [3.05, 3.63) is 0 Å². The van der Waals surface area contributed by atoms with Crippen molar-refractivity contribution in [1.82, 2.24) is 0 Å². The second-order valence-corrected chi connectivity index (χ2v) is 5.33. The number of Topliss-reactive ketones (excluding diaryl/α,β-unsaturated/α-hetero) is 1. The van der Waals surface area contributed by atoms with E-state index >= 15 is 0 Å². The van der Waals surface area contributed by atoms with Crippen LogP contribution < -0.4 is 0 Å². The van der Waals surface area contributed by atoms with E-state index in [1.165, 1.54) is 7.11 Å². The molecule has 16 heavy (non-hydrogen) atoms. The third-order valence-corrected chi connectivity index (χ3v) is 4.78.